The summed E-state index contributed by atoms with van der Waals surface area (Å²) in [7, 11) is -12.4. The highest BCUT2D eigenvalue weighted by Gasteiger charge is 2.16. The van der Waals surface area contributed by atoms with E-state index < -0.39 is 48.6 Å². The van der Waals surface area contributed by atoms with Gasteiger partial charge in [0.15, 0.2) is 9.84 Å². The number of rotatable bonds is 11. The fraction of sp³-hybridized carbons (Fsp3) is 0.250. The minimum absolute atomic E-state index is 0.0848. The first-order valence-electron chi connectivity index (χ1n) is 8.63. The highest BCUT2D eigenvalue weighted by Crippen LogP contribution is 2.25. The van der Waals surface area contributed by atoms with Crippen molar-refractivity contribution in [3.63, 3.8) is 0 Å². The molecule has 0 saturated heterocycles. The summed E-state index contributed by atoms with van der Waals surface area (Å²) in [5.41, 5.74) is 2.02. The fourth-order valence-corrected chi connectivity index (χ4v) is 4.18. The van der Waals surface area contributed by atoms with Crippen LogP contribution in [0.3, 0.4) is 0 Å². The van der Waals surface area contributed by atoms with E-state index in [0.29, 0.717) is 22.6 Å². The molecule has 0 atom stereocenters. The number of hydrogen-bond acceptors (Lipinski definition) is 12. The number of azo groups is 1. The second-order valence-electron chi connectivity index (χ2n) is 6.24. The molecule has 0 heterocycles. The van der Waals surface area contributed by atoms with Gasteiger partial charge in [-0.05, 0) is 55.0 Å². The number of benzene rings is 2. The van der Waals surface area contributed by atoms with Crippen LogP contribution in [0.4, 0.5) is 17.1 Å². The van der Waals surface area contributed by atoms with E-state index in [1.807, 2.05) is 0 Å². The van der Waals surface area contributed by atoms with Gasteiger partial charge in [-0.1, -0.05) is 0 Å². The Morgan fingerprint density at radius 2 is 1.66 bits per heavy atom. The van der Waals surface area contributed by atoms with Gasteiger partial charge in [-0.25, -0.2) is 12.6 Å². The van der Waals surface area contributed by atoms with Crippen molar-refractivity contribution in [3.05, 3.63) is 48.0 Å². The minimum Gasteiger partial charge on any atom is -0.370 e. The van der Waals surface area contributed by atoms with Gasteiger partial charge < -0.3 is 5.32 Å². The summed E-state index contributed by atoms with van der Waals surface area (Å²) in [6.45, 7) is 1.01. The Morgan fingerprint density at radius 1 is 1.00 bits per heavy atom. The van der Waals surface area contributed by atoms with E-state index in [9.17, 15) is 25.3 Å². The topological polar surface area (TPSA) is 204 Å². The standard InChI is InChI=1S/C16H20N4O9S3/c1-12-10-14(18-11-31(23,24)29-17)4-7-16(12)20-19-13-2-5-15(6-3-13)30(21,22)9-8-28-32(25,26)27/h2-7,10,18H,8-9,11,17H2,1H3,(H,25,26,27)/b20-19+. The molecule has 2 aromatic carbocycles. The number of sulfone groups is 1. The lowest BCUT2D eigenvalue weighted by Crippen LogP contribution is -2.20. The van der Waals surface area contributed by atoms with Gasteiger partial charge >= 0.3 is 20.5 Å². The molecule has 0 aliphatic rings. The Morgan fingerprint density at radius 3 is 2.22 bits per heavy atom. The van der Waals surface area contributed by atoms with Crippen LogP contribution in [0.25, 0.3) is 0 Å². The van der Waals surface area contributed by atoms with E-state index in [2.05, 4.69) is 29.9 Å². The zero-order chi connectivity index (χ0) is 24.0. The van der Waals surface area contributed by atoms with Gasteiger partial charge in [-0.3, -0.25) is 4.55 Å². The molecule has 0 aliphatic heterocycles. The van der Waals surface area contributed by atoms with Crippen LogP contribution in [0, 0.1) is 6.92 Å². The molecule has 0 aliphatic carbocycles. The number of hydrogen-bond donors (Lipinski definition) is 3. The molecule has 4 N–H and O–H groups in total. The lowest BCUT2D eigenvalue weighted by molar-refractivity contribution is 0.284. The molecule has 0 spiro atoms. The molecule has 32 heavy (non-hydrogen) atoms. The Labute approximate surface area is 185 Å². The molecular weight excluding hydrogens is 488 g/mol. The monoisotopic (exact) mass is 508 g/mol. The largest absolute Gasteiger partial charge is 0.397 e. The summed E-state index contributed by atoms with van der Waals surface area (Å²) < 4.78 is 84.1. The zero-order valence-corrected chi connectivity index (χ0v) is 19.0. The summed E-state index contributed by atoms with van der Waals surface area (Å²) in [5, 5.41) is 10.7. The third kappa shape index (κ3) is 8.23. The van der Waals surface area contributed by atoms with Crippen LogP contribution in [-0.4, -0.2) is 48.0 Å². The van der Waals surface area contributed by atoms with Crippen molar-refractivity contribution in [2.24, 2.45) is 16.1 Å². The molecule has 0 bridgehead atoms. The maximum atomic E-state index is 12.2. The van der Waals surface area contributed by atoms with Gasteiger partial charge in [-0.2, -0.15) is 37.2 Å². The van der Waals surface area contributed by atoms with E-state index in [4.69, 9.17) is 4.55 Å². The summed E-state index contributed by atoms with van der Waals surface area (Å²) in [4.78, 5) is -0.0848. The summed E-state index contributed by atoms with van der Waals surface area (Å²) in [6, 6.07) is 10.2. The molecule has 0 aromatic heterocycles. The van der Waals surface area contributed by atoms with Crippen molar-refractivity contribution in [3.8, 4) is 0 Å². The van der Waals surface area contributed by atoms with Gasteiger partial charge in [0.2, 0.25) is 0 Å². The van der Waals surface area contributed by atoms with E-state index >= 15 is 0 Å². The Kier molecular flexibility index (Phi) is 8.41. The molecular formula is C16H20N4O9S3. The number of aryl methyl sites for hydroxylation is 1. The van der Waals surface area contributed by atoms with E-state index in [1.165, 1.54) is 24.3 Å². The highest BCUT2D eigenvalue weighted by molar-refractivity contribution is 7.91. The summed E-state index contributed by atoms with van der Waals surface area (Å²) in [6.07, 6.45) is 0. The maximum absolute atomic E-state index is 12.2. The fourth-order valence-electron chi connectivity index (χ4n) is 2.28. The maximum Gasteiger partial charge on any atom is 0.397 e. The Hall–Kier alpha value is -2.47. The van der Waals surface area contributed by atoms with E-state index in [1.54, 1.807) is 25.1 Å². The molecule has 16 heteroatoms. The van der Waals surface area contributed by atoms with Crippen LogP contribution in [0.15, 0.2) is 57.6 Å². The van der Waals surface area contributed by atoms with Crippen LogP contribution in [0.5, 0.6) is 0 Å². The zero-order valence-electron chi connectivity index (χ0n) is 16.6. The number of nitrogens with one attached hydrogen (secondary N) is 1. The quantitative estimate of drug-likeness (QED) is 0.226. The molecule has 176 valence electrons. The lowest BCUT2D eigenvalue weighted by Gasteiger charge is -2.07. The van der Waals surface area contributed by atoms with E-state index in [0.717, 1.165) is 0 Å². The molecule has 13 nitrogen and oxygen atoms in total. The van der Waals surface area contributed by atoms with Crippen molar-refractivity contribution < 1.29 is 38.3 Å². The molecule has 2 rings (SSSR count). The van der Waals surface area contributed by atoms with Crippen LogP contribution < -0.4 is 11.2 Å². The van der Waals surface area contributed by atoms with Gasteiger partial charge in [0.25, 0.3) is 0 Å². The lowest BCUT2D eigenvalue weighted by atomic mass is 10.2. The van der Waals surface area contributed by atoms with Gasteiger partial charge in [-0.15, -0.1) is 0 Å². The van der Waals surface area contributed by atoms with Crippen LogP contribution in [0.1, 0.15) is 5.56 Å². The van der Waals surface area contributed by atoms with Gasteiger partial charge in [0.05, 0.1) is 28.6 Å². The summed E-state index contributed by atoms with van der Waals surface area (Å²) >= 11 is 0. The normalized spacial score (nSPS) is 12.8. The predicted molar refractivity (Wildman–Crippen MR) is 114 cm³/mol. The van der Waals surface area contributed by atoms with Gasteiger partial charge in [0.1, 0.15) is 5.88 Å². The molecule has 0 fully saturated rings. The van der Waals surface area contributed by atoms with Crippen LogP contribution in [0.2, 0.25) is 0 Å². The number of anilines is 1. The smallest absolute Gasteiger partial charge is 0.370 e. The molecule has 0 radical (unpaired) electrons. The first kappa shape index (κ1) is 25.8. The Bertz CT molecular complexity index is 1290. The average molecular weight is 509 g/mol. The van der Waals surface area contributed by atoms with Crippen molar-refractivity contribution in [2.45, 2.75) is 11.8 Å². The molecule has 0 amide bonds. The summed E-state index contributed by atoms with van der Waals surface area (Å²) in [5.74, 6) is 3.50. The number of nitrogens with two attached hydrogens (primary N) is 1. The van der Waals surface area contributed by atoms with Crippen LogP contribution >= 0.6 is 0 Å². The first-order valence-corrected chi connectivity index (χ1v) is 13.2. The SMILES string of the molecule is Cc1cc(NCS(=O)(=O)ON)ccc1/N=N/c1ccc(S(=O)(=O)CCOS(=O)(=O)O)cc1. The predicted octanol–water partition coefficient (Wildman–Crippen LogP) is 1.59. The Balaban J connectivity index is 2.04. The van der Waals surface area contributed by atoms with Crippen molar-refractivity contribution in [1.29, 1.82) is 0 Å². The van der Waals surface area contributed by atoms with E-state index in [-0.39, 0.29) is 4.90 Å². The molecule has 0 saturated carbocycles. The third-order valence-electron chi connectivity index (χ3n) is 3.85. The second kappa shape index (κ2) is 10.4. The molecule has 0 unspecified atom stereocenters. The van der Waals surface area contributed by atoms with Crippen molar-refractivity contribution in [1.82, 2.24) is 0 Å². The minimum atomic E-state index is -4.72. The van der Waals surface area contributed by atoms with Crippen LogP contribution in [-0.2, 0) is 38.8 Å². The highest BCUT2D eigenvalue weighted by atomic mass is 32.3. The molecule has 2 aromatic rings. The van der Waals surface area contributed by atoms with Gasteiger partial charge in [0, 0.05) is 5.69 Å². The first-order chi connectivity index (χ1) is 14.8. The third-order valence-corrected chi connectivity index (χ3v) is 6.80. The average Bonchev–Trinajstić information content (AvgIpc) is 2.71. The van der Waals surface area contributed by atoms with Crippen molar-refractivity contribution in [2.75, 3.05) is 23.6 Å². The van der Waals surface area contributed by atoms with Crippen molar-refractivity contribution >= 4 is 47.4 Å². The second-order valence-corrected chi connectivity index (χ2v) is 11.0. The number of nitrogens with zero attached hydrogens (tertiary/aromatic N) is 2.